The largest absolute Gasteiger partial charge is 0.378 e. The zero-order valence-electron chi connectivity index (χ0n) is 9.40. The molecule has 18 heavy (non-hydrogen) atoms. The Kier molecular flexibility index (Phi) is 4.93. The monoisotopic (exact) mass is 308 g/mol. The first-order chi connectivity index (χ1) is 8.26. The Morgan fingerprint density at radius 3 is 2.72 bits per heavy atom. The number of thioether (sulfide) groups is 1. The lowest BCUT2D eigenvalue weighted by molar-refractivity contribution is 0.604. The molecule has 11 heteroatoms. The van der Waals surface area contributed by atoms with Gasteiger partial charge in [-0.05, 0) is 0 Å². The van der Waals surface area contributed by atoms with Crippen LogP contribution in [0, 0.1) is 0 Å². The van der Waals surface area contributed by atoms with E-state index in [4.69, 9.17) is 17.2 Å². The number of guanidine groups is 1. The summed E-state index contributed by atoms with van der Waals surface area (Å²) >= 11 is 2.34. The van der Waals surface area contributed by atoms with Crippen molar-refractivity contribution in [2.75, 3.05) is 6.26 Å². The van der Waals surface area contributed by atoms with Crippen molar-refractivity contribution in [3.63, 3.8) is 0 Å². The smallest absolute Gasteiger partial charge is 0.252 e. The summed E-state index contributed by atoms with van der Waals surface area (Å²) in [6.45, 7) is 0. The summed E-state index contributed by atoms with van der Waals surface area (Å²) in [4.78, 5) is 7.89. The molecule has 0 aliphatic rings. The van der Waals surface area contributed by atoms with Gasteiger partial charge >= 0.3 is 0 Å². The molecular formula is C7H12N6O2S3. The molecule has 1 aromatic rings. The Morgan fingerprint density at radius 1 is 1.50 bits per heavy atom. The van der Waals surface area contributed by atoms with E-state index >= 15 is 0 Å². The predicted molar refractivity (Wildman–Crippen MR) is 75.3 cm³/mol. The molecule has 0 spiro atoms. The van der Waals surface area contributed by atoms with Crippen LogP contribution in [-0.2, 0) is 15.8 Å². The zero-order valence-corrected chi connectivity index (χ0v) is 11.8. The van der Waals surface area contributed by atoms with Gasteiger partial charge < -0.3 is 17.2 Å². The van der Waals surface area contributed by atoms with Crippen molar-refractivity contribution in [2.45, 2.75) is 5.75 Å². The molecule has 1 aromatic heterocycles. The van der Waals surface area contributed by atoms with Gasteiger partial charge in [0.25, 0.3) is 10.0 Å². The average Bonchev–Trinajstić information content (AvgIpc) is 2.59. The molecule has 0 saturated carbocycles. The molecule has 1 heterocycles. The summed E-state index contributed by atoms with van der Waals surface area (Å²) in [5, 5.41) is 2.15. The molecule has 0 aromatic carbocycles. The number of rotatable bonds is 4. The van der Waals surface area contributed by atoms with Gasteiger partial charge in [-0.1, -0.05) is 11.8 Å². The highest BCUT2D eigenvalue weighted by molar-refractivity contribution is 8.13. The van der Waals surface area contributed by atoms with Gasteiger partial charge in [0.05, 0.1) is 11.9 Å². The number of aliphatic imine (C=N–C) groups is 1. The van der Waals surface area contributed by atoms with Crippen LogP contribution in [0.25, 0.3) is 0 Å². The molecule has 0 saturated heterocycles. The molecule has 0 aliphatic heterocycles. The van der Waals surface area contributed by atoms with E-state index in [0.717, 1.165) is 18.0 Å². The van der Waals surface area contributed by atoms with Crippen LogP contribution < -0.4 is 17.2 Å². The van der Waals surface area contributed by atoms with Gasteiger partial charge in [0.2, 0.25) is 5.13 Å². The topological polar surface area (TPSA) is 150 Å². The van der Waals surface area contributed by atoms with E-state index in [-0.39, 0.29) is 11.1 Å². The van der Waals surface area contributed by atoms with Crippen LogP contribution in [0.5, 0.6) is 0 Å². The number of aromatic nitrogens is 1. The summed E-state index contributed by atoms with van der Waals surface area (Å²) in [6, 6.07) is 0. The third-order valence-corrected chi connectivity index (χ3v) is 3.64. The molecule has 0 unspecified atom stereocenters. The third-order valence-electron chi connectivity index (χ3n) is 1.39. The highest BCUT2D eigenvalue weighted by Gasteiger charge is 2.05. The van der Waals surface area contributed by atoms with E-state index in [0.29, 0.717) is 16.6 Å². The Balaban J connectivity index is 2.62. The van der Waals surface area contributed by atoms with Crippen molar-refractivity contribution in [3.05, 3.63) is 11.1 Å². The van der Waals surface area contributed by atoms with E-state index < -0.39 is 10.0 Å². The van der Waals surface area contributed by atoms with Gasteiger partial charge in [-0.3, -0.25) is 0 Å². The van der Waals surface area contributed by atoms with Crippen LogP contribution in [0.15, 0.2) is 14.8 Å². The highest BCUT2D eigenvalue weighted by Crippen LogP contribution is 2.21. The Labute approximate surface area is 112 Å². The maximum Gasteiger partial charge on any atom is 0.252 e. The molecule has 8 nitrogen and oxygen atoms in total. The standard InChI is InChI=1S/C7H12N6O2S3/c1-18(14,15)13-6(10)16-2-4-3-17-7(11-4)12-5(8)9/h3H,2H2,1H3,(H2,10,13)(H4,8,9,11,12). The molecule has 1 rings (SSSR count). The SMILES string of the molecule is CS(=O)(=O)N=C(N)SCc1csc(N=C(N)N)n1. The van der Waals surface area contributed by atoms with Crippen molar-refractivity contribution in [2.24, 2.45) is 26.6 Å². The third kappa shape index (κ3) is 5.84. The number of thiazole rings is 1. The van der Waals surface area contributed by atoms with Gasteiger partial charge in [0, 0.05) is 11.1 Å². The summed E-state index contributed by atoms with van der Waals surface area (Å²) in [7, 11) is -3.47. The summed E-state index contributed by atoms with van der Waals surface area (Å²) in [5.41, 5.74) is 16.5. The molecule has 0 bridgehead atoms. The first-order valence-electron chi connectivity index (χ1n) is 4.48. The molecule has 0 radical (unpaired) electrons. The number of nitrogens with two attached hydrogens (primary N) is 3. The van der Waals surface area contributed by atoms with Crippen molar-refractivity contribution >= 4 is 49.4 Å². The van der Waals surface area contributed by atoms with Gasteiger partial charge in [0.1, 0.15) is 0 Å². The van der Waals surface area contributed by atoms with Crippen molar-refractivity contribution in [3.8, 4) is 0 Å². The number of nitrogens with zero attached hydrogens (tertiary/aromatic N) is 3. The first kappa shape index (κ1) is 14.7. The fourth-order valence-corrected chi connectivity index (χ4v) is 3.06. The molecule has 100 valence electrons. The van der Waals surface area contributed by atoms with Crippen LogP contribution in [-0.4, -0.2) is 30.8 Å². The van der Waals surface area contributed by atoms with Gasteiger partial charge in [-0.2, -0.15) is 4.99 Å². The Morgan fingerprint density at radius 2 is 2.17 bits per heavy atom. The van der Waals surface area contributed by atoms with E-state index in [2.05, 4.69) is 14.4 Å². The maximum absolute atomic E-state index is 10.8. The summed E-state index contributed by atoms with van der Waals surface area (Å²) in [5.74, 6) is 0.322. The molecule has 0 fully saturated rings. The van der Waals surface area contributed by atoms with E-state index in [1.807, 2.05) is 0 Å². The van der Waals surface area contributed by atoms with Gasteiger partial charge in [-0.15, -0.1) is 15.7 Å². The Bertz CT molecular complexity index is 572. The highest BCUT2D eigenvalue weighted by atomic mass is 32.2. The molecule has 0 amide bonds. The fraction of sp³-hybridized carbons (Fsp3) is 0.286. The van der Waals surface area contributed by atoms with E-state index in [1.165, 1.54) is 11.3 Å². The number of hydrogen-bond acceptors (Lipinski definition) is 6. The first-order valence-corrected chi connectivity index (χ1v) is 8.20. The lowest BCUT2D eigenvalue weighted by Gasteiger charge is -1.96. The zero-order chi connectivity index (χ0) is 13.8. The molecular weight excluding hydrogens is 296 g/mol. The van der Waals surface area contributed by atoms with Crippen molar-refractivity contribution < 1.29 is 8.42 Å². The van der Waals surface area contributed by atoms with Gasteiger partial charge in [-0.25, -0.2) is 13.4 Å². The van der Waals surface area contributed by atoms with Crippen LogP contribution in [0.4, 0.5) is 5.13 Å². The summed E-state index contributed by atoms with van der Waals surface area (Å²) < 4.78 is 25.0. The summed E-state index contributed by atoms with van der Waals surface area (Å²) in [6.07, 6.45) is 0.972. The quantitative estimate of drug-likeness (QED) is 0.503. The maximum atomic E-state index is 10.8. The van der Waals surface area contributed by atoms with E-state index in [9.17, 15) is 8.42 Å². The van der Waals surface area contributed by atoms with Crippen LogP contribution in [0.1, 0.15) is 5.69 Å². The van der Waals surface area contributed by atoms with Crippen molar-refractivity contribution in [1.82, 2.24) is 4.98 Å². The molecule has 0 aliphatic carbocycles. The number of hydrogen-bond donors (Lipinski definition) is 3. The van der Waals surface area contributed by atoms with Crippen LogP contribution >= 0.6 is 23.1 Å². The lowest BCUT2D eigenvalue weighted by Crippen LogP contribution is -2.21. The second kappa shape index (κ2) is 6.02. The number of amidine groups is 1. The minimum Gasteiger partial charge on any atom is -0.378 e. The lowest BCUT2D eigenvalue weighted by atomic mass is 10.6. The van der Waals surface area contributed by atoms with Crippen LogP contribution in [0.3, 0.4) is 0 Å². The molecule has 0 atom stereocenters. The second-order valence-corrected chi connectivity index (χ2v) is 6.59. The number of sulfonamides is 1. The average molecular weight is 308 g/mol. The normalized spacial score (nSPS) is 12.4. The fourth-order valence-electron chi connectivity index (χ4n) is 0.862. The second-order valence-electron chi connectivity index (χ2n) is 3.11. The van der Waals surface area contributed by atoms with Crippen LogP contribution in [0.2, 0.25) is 0 Å². The Hall–Kier alpha value is -1.33. The van der Waals surface area contributed by atoms with Gasteiger partial charge in [0.15, 0.2) is 11.1 Å². The predicted octanol–water partition coefficient (Wildman–Crippen LogP) is -0.444. The molecule has 6 N–H and O–H groups in total. The van der Waals surface area contributed by atoms with Crippen molar-refractivity contribution in [1.29, 1.82) is 0 Å². The van der Waals surface area contributed by atoms with E-state index in [1.54, 1.807) is 5.38 Å². The minimum absolute atomic E-state index is 0.0334. The minimum atomic E-state index is -3.47.